The van der Waals surface area contributed by atoms with Crippen LogP contribution in [-0.2, 0) is 11.2 Å². The van der Waals surface area contributed by atoms with Gasteiger partial charge >= 0.3 is 0 Å². The summed E-state index contributed by atoms with van der Waals surface area (Å²) in [7, 11) is 1.55. The van der Waals surface area contributed by atoms with Crippen LogP contribution in [0.1, 0.15) is 21.6 Å². The third-order valence-corrected chi connectivity index (χ3v) is 7.29. The first kappa shape index (κ1) is 26.0. The zero-order valence-electron chi connectivity index (χ0n) is 20.7. The number of nitrogens with one attached hydrogen (secondary N) is 1. The third-order valence-electron chi connectivity index (χ3n) is 6.15. The van der Waals surface area contributed by atoms with Crippen LogP contribution in [0.5, 0.6) is 5.75 Å². The van der Waals surface area contributed by atoms with E-state index in [9.17, 15) is 19.7 Å². The summed E-state index contributed by atoms with van der Waals surface area (Å²) >= 11 is 7.09. The van der Waals surface area contributed by atoms with Gasteiger partial charge in [-0.1, -0.05) is 35.1 Å². The van der Waals surface area contributed by atoms with Crippen LogP contribution >= 0.6 is 22.9 Å². The van der Waals surface area contributed by atoms with E-state index in [2.05, 4.69) is 15.5 Å². The SMILES string of the molecule is COc1ccc2c(c1)c(CC(=O)Nc1nnc(-c3cccc([N+](=O)[O-])c3)s1)c(C)n2C(=O)c1ccc(Cl)cc1. The molecular formula is C27H20ClN5O5S. The molecule has 1 N–H and O–H groups in total. The third kappa shape index (κ3) is 5.22. The zero-order valence-corrected chi connectivity index (χ0v) is 22.2. The van der Waals surface area contributed by atoms with Crippen molar-refractivity contribution in [1.82, 2.24) is 14.8 Å². The molecule has 0 bridgehead atoms. The second-order valence-electron chi connectivity index (χ2n) is 8.54. The monoisotopic (exact) mass is 561 g/mol. The predicted molar refractivity (Wildman–Crippen MR) is 149 cm³/mol. The van der Waals surface area contributed by atoms with Gasteiger partial charge in [-0.25, -0.2) is 0 Å². The van der Waals surface area contributed by atoms with Gasteiger partial charge in [-0.05, 0) is 55.0 Å². The number of fused-ring (bicyclic) bond motifs is 1. The minimum Gasteiger partial charge on any atom is -0.497 e. The van der Waals surface area contributed by atoms with Crippen molar-refractivity contribution in [3.63, 3.8) is 0 Å². The van der Waals surface area contributed by atoms with Gasteiger partial charge in [0.05, 0.1) is 24.0 Å². The lowest BCUT2D eigenvalue weighted by atomic mass is 10.1. The maximum Gasteiger partial charge on any atom is 0.270 e. The molecule has 0 atom stereocenters. The van der Waals surface area contributed by atoms with Gasteiger partial charge in [0.25, 0.3) is 11.6 Å². The first-order valence-corrected chi connectivity index (χ1v) is 12.8. The Morgan fingerprint density at radius 2 is 1.87 bits per heavy atom. The first-order chi connectivity index (χ1) is 18.7. The molecule has 0 unspecified atom stereocenters. The molecule has 0 radical (unpaired) electrons. The molecule has 0 saturated heterocycles. The Balaban J connectivity index is 1.44. The lowest BCUT2D eigenvalue weighted by Gasteiger charge is -2.08. The molecule has 12 heteroatoms. The van der Waals surface area contributed by atoms with Crippen molar-refractivity contribution in [2.75, 3.05) is 12.4 Å². The Kier molecular flexibility index (Phi) is 7.09. The standard InChI is InChI=1S/C27H20ClN5O5S/c1-15-21(14-24(34)29-27-31-30-25(39-27)17-4-3-5-19(12-17)33(36)37)22-13-20(38-2)10-11-23(22)32(15)26(35)16-6-8-18(28)9-7-16/h3-13H,14H2,1-2H3,(H,29,31,34). The van der Waals surface area contributed by atoms with E-state index < -0.39 is 4.92 Å². The zero-order chi connectivity index (χ0) is 27.7. The normalized spacial score (nSPS) is 10.9. The molecule has 196 valence electrons. The second-order valence-corrected chi connectivity index (χ2v) is 9.95. The molecule has 0 aliphatic carbocycles. The largest absolute Gasteiger partial charge is 0.497 e. The molecule has 0 aliphatic rings. The molecule has 5 rings (SSSR count). The van der Waals surface area contributed by atoms with Gasteiger partial charge in [-0.15, -0.1) is 10.2 Å². The fourth-order valence-corrected chi connectivity index (χ4v) is 5.14. The van der Waals surface area contributed by atoms with Crippen molar-refractivity contribution in [2.45, 2.75) is 13.3 Å². The smallest absolute Gasteiger partial charge is 0.270 e. The van der Waals surface area contributed by atoms with Gasteiger partial charge in [0.1, 0.15) is 10.8 Å². The van der Waals surface area contributed by atoms with E-state index >= 15 is 0 Å². The average Bonchev–Trinajstić information content (AvgIpc) is 3.50. The first-order valence-electron chi connectivity index (χ1n) is 11.6. The summed E-state index contributed by atoms with van der Waals surface area (Å²) in [5.74, 6) is -0.0247. The molecule has 0 fully saturated rings. The molecule has 0 spiro atoms. The highest BCUT2D eigenvalue weighted by molar-refractivity contribution is 7.18. The number of hydrogen-bond acceptors (Lipinski definition) is 8. The number of halogens is 1. The lowest BCUT2D eigenvalue weighted by molar-refractivity contribution is -0.384. The molecule has 2 aromatic heterocycles. The van der Waals surface area contributed by atoms with Crippen molar-refractivity contribution in [2.24, 2.45) is 0 Å². The number of anilines is 1. The quantitative estimate of drug-likeness (QED) is 0.193. The fraction of sp³-hybridized carbons (Fsp3) is 0.111. The maximum atomic E-state index is 13.5. The molecule has 39 heavy (non-hydrogen) atoms. The van der Waals surface area contributed by atoms with Crippen LogP contribution < -0.4 is 10.1 Å². The Labute approximate surface area is 231 Å². The number of nitro groups is 1. The number of nitro benzene ring substituents is 1. The van der Waals surface area contributed by atoms with Gasteiger partial charge in [0.2, 0.25) is 11.0 Å². The van der Waals surface area contributed by atoms with Crippen LogP contribution in [0.15, 0.2) is 66.7 Å². The van der Waals surface area contributed by atoms with Crippen molar-refractivity contribution < 1.29 is 19.2 Å². The Bertz CT molecular complexity index is 1750. The second kappa shape index (κ2) is 10.6. The van der Waals surface area contributed by atoms with E-state index in [4.69, 9.17) is 16.3 Å². The van der Waals surface area contributed by atoms with Gasteiger partial charge < -0.3 is 10.1 Å². The number of ether oxygens (including phenoxy) is 1. The summed E-state index contributed by atoms with van der Waals surface area (Å²) in [5, 5.41) is 23.8. The predicted octanol–water partition coefficient (Wildman–Crippen LogP) is 5.91. The van der Waals surface area contributed by atoms with Crippen LogP contribution in [0.3, 0.4) is 0 Å². The van der Waals surface area contributed by atoms with Crippen molar-refractivity contribution >= 4 is 56.5 Å². The van der Waals surface area contributed by atoms with Gasteiger partial charge in [0.15, 0.2) is 0 Å². The number of carbonyl (C=O) groups is 2. The number of aromatic nitrogens is 3. The van der Waals surface area contributed by atoms with E-state index in [1.807, 2.05) is 0 Å². The molecule has 3 aromatic carbocycles. The summed E-state index contributed by atoms with van der Waals surface area (Å²) in [5.41, 5.74) is 2.82. The highest BCUT2D eigenvalue weighted by Gasteiger charge is 2.23. The van der Waals surface area contributed by atoms with Gasteiger partial charge in [-0.2, -0.15) is 0 Å². The summed E-state index contributed by atoms with van der Waals surface area (Å²) < 4.78 is 6.96. The molecule has 10 nitrogen and oxygen atoms in total. The Hall–Kier alpha value is -4.61. The van der Waals surface area contributed by atoms with E-state index in [0.717, 1.165) is 11.3 Å². The van der Waals surface area contributed by atoms with Crippen molar-refractivity contribution in [3.8, 4) is 16.3 Å². The fourth-order valence-electron chi connectivity index (χ4n) is 4.26. The summed E-state index contributed by atoms with van der Waals surface area (Å²) in [6, 6.07) is 18.0. The number of carbonyl (C=O) groups excluding carboxylic acids is 2. The Morgan fingerprint density at radius 1 is 1.10 bits per heavy atom. The minimum absolute atomic E-state index is 0.0396. The molecule has 2 heterocycles. The number of hydrogen-bond donors (Lipinski definition) is 1. The van der Waals surface area contributed by atoms with Crippen LogP contribution in [0.2, 0.25) is 5.02 Å². The molecule has 5 aromatic rings. The highest BCUT2D eigenvalue weighted by atomic mass is 35.5. The highest BCUT2D eigenvalue weighted by Crippen LogP contribution is 2.32. The van der Waals surface area contributed by atoms with Gasteiger partial charge in [-0.3, -0.25) is 24.3 Å². The number of rotatable bonds is 7. The molecule has 1 amide bonds. The van der Waals surface area contributed by atoms with Crippen LogP contribution in [0.4, 0.5) is 10.8 Å². The number of nitrogens with zero attached hydrogens (tertiary/aromatic N) is 4. The van der Waals surface area contributed by atoms with Crippen molar-refractivity contribution in [3.05, 3.63) is 98.7 Å². The average molecular weight is 562 g/mol. The summed E-state index contributed by atoms with van der Waals surface area (Å²) in [6.07, 6.45) is -0.0396. The van der Waals surface area contributed by atoms with Crippen LogP contribution in [0.25, 0.3) is 21.5 Å². The van der Waals surface area contributed by atoms with Crippen molar-refractivity contribution in [1.29, 1.82) is 0 Å². The van der Waals surface area contributed by atoms with Crippen LogP contribution in [-0.4, -0.2) is 38.6 Å². The molecule has 0 saturated carbocycles. The molecular weight excluding hydrogens is 542 g/mol. The van der Waals surface area contributed by atoms with E-state index in [1.54, 1.807) is 73.2 Å². The lowest BCUT2D eigenvalue weighted by Crippen LogP contribution is -2.16. The summed E-state index contributed by atoms with van der Waals surface area (Å²) in [6.45, 7) is 1.79. The van der Waals surface area contributed by atoms with Gasteiger partial charge in [0, 0.05) is 39.4 Å². The van der Waals surface area contributed by atoms with E-state index in [-0.39, 0.29) is 29.1 Å². The maximum absolute atomic E-state index is 13.5. The topological polar surface area (TPSA) is 129 Å². The number of non-ortho nitro benzene ring substituents is 1. The minimum atomic E-state index is -0.487. The van der Waals surface area contributed by atoms with E-state index in [1.165, 1.54) is 12.1 Å². The molecule has 0 aliphatic heterocycles. The number of benzene rings is 3. The van der Waals surface area contributed by atoms with Crippen LogP contribution in [0, 0.1) is 17.0 Å². The number of amides is 1. The van der Waals surface area contributed by atoms with E-state index in [0.29, 0.717) is 49.1 Å². The number of methoxy groups -OCH3 is 1. The Morgan fingerprint density at radius 3 is 2.59 bits per heavy atom. The summed E-state index contributed by atoms with van der Waals surface area (Å²) in [4.78, 5) is 37.2.